The number of aromatic amines is 1. The minimum atomic E-state index is -4.50. The number of ether oxygens (including phenoxy) is 3. The number of anilines is 2. The van der Waals surface area contributed by atoms with Crippen LogP contribution in [-0.2, 0) is 9.47 Å². The van der Waals surface area contributed by atoms with Crippen molar-refractivity contribution in [2.45, 2.75) is 44.4 Å². The number of hydrogen-bond acceptors (Lipinski definition) is 8. The molecule has 3 atom stereocenters. The fraction of sp³-hybridized carbons (Fsp3) is 0.474. The van der Waals surface area contributed by atoms with Crippen molar-refractivity contribution in [3.05, 3.63) is 30.2 Å². The second-order valence-electron chi connectivity index (χ2n) is 7.77. The van der Waals surface area contributed by atoms with E-state index in [0.717, 1.165) is 0 Å². The molecule has 0 aliphatic carbocycles. The molecule has 0 radical (unpaired) electrons. The van der Waals surface area contributed by atoms with Gasteiger partial charge in [0.1, 0.15) is 11.6 Å². The topological polar surface area (TPSA) is 128 Å². The van der Waals surface area contributed by atoms with Crippen LogP contribution in [0.15, 0.2) is 24.5 Å². The predicted octanol–water partition coefficient (Wildman–Crippen LogP) is 3.05. The summed E-state index contributed by atoms with van der Waals surface area (Å²) in [6.45, 7) is 1.88. The average Bonchev–Trinajstić information content (AvgIpc) is 3.45. The number of amides is 1. The maximum atomic E-state index is 14.8. The van der Waals surface area contributed by atoms with E-state index < -0.39 is 37.3 Å². The van der Waals surface area contributed by atoms with E-state index >= 15 is 0 Å². The zero-order chi connectivity index (χ0) is 24.5. The number of carbonyl (C=O) groups excluding carboxylic acids is 1. The summed E-state index contributed by atoms with van der Waals surface area (Å²) in [5.41, 5.74) is 0.620. The van der Waals surface area contributed by atoms with Gasteiger partial charge in [-0.25, -0.2) is 18.7 Å². The Morgan fingerprint density at radius 1 is 1.38 bits per heavy atom. The SMILES string of the molecule is CC(C)NC(=O)O[C@@H]1CO[C@H](c2cc(Nc3nccn4nc(OCC(F)(F)F)cc34)n[nH]2)[C@@H]1F. The van der Waals surface area contributed by atoms with Crippen LogP contribution in [0.25, 0.3) is 5.52 Å². The van der Waals surface area contributed by atoms with Gasteiger partial charge in [-0.3, -0.25) is 5.10 Å². The lowest BCUT2D eigenvalue weighted by atomic mass is 10.1. The van der Waals surface area contributed by atoms with Crippen molar-refractivity contribution in [2.75, 3.05) is 18.5 Å². The number of carbonyl (C=O) groups is 1. The van der Waals surface area contributed by atoms with Crippen LogP contribution < -0.4 is 15.4 Å². The molecule has 1 aliphatic heterocycles. The third-order valence-electron chi connectivity index (χ3n) is 4.65. The van der Waals surface area contributed by atoms with E-state index in [-0.39, 0.29) is 30.2 Å². The molecule has 3 N–H and O–H groups in total. The van der Waals surface area contributed by atoms with Gasteiger partial charge in [0.2, 0.25) is 5.88 Å². The normalized spacial score (nSPS) is 20.6. The van der Waals surface area contributed by atoms with Gasteiger partial charge in [0.15, 0.2) is 30.5 Å². The molecule has 0 unspecified atom stereocenters. The van der Waals surface area contributed by atoms with Crippen molar-refractivity contribution >= 4 is 23.2 Å². The smallest absolute Gasteiger partial charge is 0.422 e. The molecule has 3 aromatic rings. The van der Waals surface area contributed by atoms with Gasteiger partial charge in [-0.1, -0.05) is 0 Å². The average molecular weight is 487 g/mol. The highest BCUT2D eigenvalue weighted by Crippen LogP contribution is 2.34. The fourth-order valence-corrected chi connectivity index (χ4v) is 3.23. The van der Waals surface area contributed by atoms with Gasteiger partial charge >= 0.3 is 12.3 Å². The number of halogens is 4. The number of rotatable bonds is 7. The second-order valence-corrected chi connectivity index (χ2v) is 7.77. The number of alkyl halides is 4. The molecule has 1 saturated heterocycles. The Morgan fingerprint density at radius 2 is 2.18 bits per heavy atom. The Bertz CT molecular complexity index is 1150. The quantitative estimate of drug-likeness (QED) is 0.434. The van der Waals surface area contributed by atoms with E-state index in [4.69, 9.17) is 9.47 Å². The molecular weight excluding hydrogens is 466 g/mol. The number of hydrogen-bond donors (Lipinski definition) is 3. The van der Waals surface area contributed by atoms with E-state index in [1.807, 2.05) is 0 Å². The van der Waals surface area contributed by atoms with Gasteiger partial charge in [0, 0.05) is 30.6 Å². The Hall–Kier alpha value is -3.62. The lowest BCUT2D eigenvalue weighted by Gasteiger charge is -2.16. The highest BCUT2D eigenvalue weighted by atomic mass is 19.4. The molecule has 0 spiro atoms. The van der Waals surface area contributed by atoms with Crippen LogP contribution in [0, 0.1) is 0 Å². The summed E-state index contributed by atoms with van der Waals surface area (Å²) in [4.78, 5) is 15.9. The molecule has 184 valence electrons. The predicted molar refractivity (Wildman–Crippen MR) is 109 cm³/mol. The zero-order valence-corrected chi connectivity index (χ0v) is 18.0. The first-order valence-corrected chi connectivity index (χ1v) is 10.2. The Balaban J connectivity index is 1.43. The van der Waals surface area contributed by atoms with Crippen molar-refractivity contribution in [3.8, 4) is 5.88 Å². The van der Waals surface area contributed by atoms with E-state index in [0.29, 0.717) is 11.2 Å². The maximum absolute atomic E-state index is 14.8. The second kappa shape index (κ2) is 9.32. The van der Waals surface area contributed by atoms with E-state index in [1.54, 1.807) is 13.8 Å². The van der Waals surface area contributed by atoms with Crippen LogP contribution in [0.2, 0.25) is 0 Å². The summed E-state index contributed by atoms with van der Waals surface area (Å²) in [5, 5.41) is 16.0. The van der Waals surface area contributed by atoms with E-state index in [1.165, 1.54) is 29.0 Å². The molecule has 1 fully saturated rings. The van der Waals surface area contributed by atoms with Crippen LogP contribution in [0.3, 0.4) is 0 Å². The largest absolute Gasteiger partial charge is 0.467 e. The third-order valence-corrected chi connectivity index (χ3v) is 4.65. The summed E-state index contributed by atoms with van der Waals surface area (Å²) < 4.78 is 68.5. The first kappa shape index (κ1) is 23.5. The summed E-state index contributed by atoms with van der Waals surface area (Å²) in [6, 6.07) is 2.61. The molecule has 0 bridgehead atoms. The van der Waals surface area contributed by atoms with Gasteiger partial charge in [0.25, 0.3) is 0 Å². The summed E-state index contributed by atoms with van der Waals surface area (Å²) >= 11 is 0. The number of alkyl carbamates (subject to hydrolysis) is 1. The summed E-state index contributed by atoms with van der Waals surface area (Å²) in [5.74, 6) is 0.237. The van der Waals surface area contributed by atoms with Crippen molar-refractivity contribution in [1.82, 2.24) is 30.1 Å². The van der Waals surface area contributed by atoms with Gasteiger partial charge in [-0.2, -0.15) is 18.3 Å². The highest BCUT2D eigenvalue weighted by Gasteiger charge is 2.42. The number of nitrogens with zero attached hydrogens (tertiary/aromatic N) is 4. The molecule has 15 heteroatoms. The lowest BCUT2D eigenvalue weighted by molar-refractivity contribution is -0.154. The van der Waals surface area contributed by atoms with Crippen molar-refractivity contribution in [2.24, 2.45) is 0 Å². The Labute approximate surface area is 189 Å². The van der Waals surface area contributed by atoms with Crippen molar-refractivity contribution < 1.29 is 36.6 Å². The highest BCUT2D eigenvalue weighted by molar-refractivity contribution is 5.72. The zero-order valence-electron chi connectivity index (χ0n) is 18.0. The Morgan fingerprint density at radius 3 is 2.91 bits per heavy atom. The van der Waals surface area contributed by atoms with Crippen LogP contribution in [0.5, 0.6) is 5.88 Å². The van der Waals surface area contributed by atoms with E-state index in [9.17, 15) is 22.4 Å². The molecule has 0 aromatic carbocycles. The van der Waals surface area contributed by atoms with Gasteiger partial charge in [-0.05, 0) is 13.8 Å². The molecule has 4 rings (SSSR count). The minimum Gasteiger partial charge on any atom is -0.467 e. The number of H-pyrrole nitrogens is 1. The fourth-order valence-electron chi connectivity index (χ4n) is 3.23. The molecule has 4 heterocycles. The van der Waals surface area contributed by atoms with Crippen molar-refractivity contribution in [3.63, 3.8) is 0 Å². The number of aromatic nitrogens is 5. The van der Waals surface area contributed by atoms with Gasteiger partial charge in [0.05, 0.1) is 12.3 Å². The maximum Gasteiger partial charge on any atom is 0.422 e. The lowest BCUT2D eigenvalue weighted by Crippen LogP contribution is -2.36. The third kappa shape index (κ3) is 5.47. The summed E-state index contributed by atoms with van der Waals surface area (Å²) in [7, 11) is 0. The first-order valence-electron chi connectivity index (χ1n) is 10.2. The molecular formula is C19H21F4N7O4. The van der Waals surface area contributed by atoms with Crippen LogP contribution in [0.1, 0.15) is 25.6 Å². The molecule has 11 nitrogen and oxygen atoms in total. The minimum absolute atomic E-state index is 0.128. The van der Waals surface area contributed by atoms with Gasteiger partial charge < -0.3 is 24.8 Å². The van der Waals surface area contributed by atoms with Crippen LogP contribution in [-0.4, -0.2) is 68.6 Å². The molecule has 34 heavy (non-hydrogen) atoms. The monoisotopic (exact) mass is 487 g/mol. The first-order chi connectivity index (χ1) is 16.1. The Kier molecular flexibility index (Phi) is 6.45. The molecule has 0 saturated carbocycles. The van der Waals surface area contributed by atoms with E-state index in [2.05, 4.69) is 35.7 Å². The van der Waals surface area contributed by atoms with Gasteiger partial charge in [-0.15, -0.1) is 5.10 Å². The number of fused-ring (bicyclic) bond motifs is 1. The number of nitrogens with one attached hydrogen (secondary N) is 3. The summed E-state index contributed by atoms with van der Waals surface area (Å²) in [6.07, 6.45) is -6.17. The standard InChI is InChI=1S/C19H21F4N7O4/c1-9(2)25-18(31)34-12-7-32-16(15(12)20)10-5-13(28-27-10)26-17-11-6-14(33-8-19(21,22)23)29-30(11)4-3-24-17/h3-6,9,12,15-16H,7-8H2,1-2H3,(H,25,31)(H2,24,26,27,28)/t12-,15-,16-/m1/s1. The van der Waals surface area contributed by atoms with Crippen LogP contribution >= 0.6 is 0 Å². The van der Waals surface area contributed by atoms with Crippen molar-refractivity contribution in [1.29, 1.82) is 0 Å². The molecule has 1 amide bonds. The molecule has 3 aromatic heterocycles. The molecule has 1 aliphatic rings. The van der Waals surface area contributed by atoms with Crippen LogP contribution in [0.4, 0.5) is 34.0 Å².